The predicted octanol–water partition coefficient (Wildman–Crippen LogP) is 4.64. The molecule has 2 rings (SSSR count). The number of nitrogens with one attached hydrogen (secondary N) is 2. The number of halogens is 2. The third-order valence-corrected chi connectivity index (χ3v) is 4.35. The van der Waals surface area contributed by atoms with Crippen molar-refractivity contribution in [1.29, 1.82) is 0 Å². The van der Waals surface area contributed by atoms with E-state index >= 15 is 0 Å². The number of amides is 2. The van der Waals surface area contributed by atoms with Gasteiger partial charge in [0.15, 0.2) is 0 Å². The molecular formula is C16H16BrFN2OS. The first-order chi connectivity index (χ1) is 10.6. The lowest BCUT2D eigenvalue weighted by molar-refractivity contribution is 0.252. The van der Waals surface area contributed by atoms with Crippen LogP contribution in [0.2, 0.25) is 0 Å². The van der Waals surface area contributed by atoms with Gasteiger partial charge >= 0.3 is 6.03 Å². The fourth-order valence-corrected chi connectivity index (χ4v) is 2.91. The second-order valence-electron chi connectivity index (χ2n) is 4.54. The number of carbonyl (C=O) groups excluding carboxylic acids is 1. The van der Waals surface area contributed by atoms with Crippen LogP contribution in [0.15, 0.2) is 53.0 Å². The van der Waals surface area contributed by atoms with Gasteiger partial charge < -0.3 is 10.6 Å². The standard InChI is InChI=1S/C16H16BrFN2OS/c17-13-6-7-15(14(18)10-13)20-16(21)19-8-9-22-11-12-4-2-1-3-5-12/h1-7,10H,8-9,11H2,(H2,19,20,21). The summed E-state index contributed by atoms with van der Waals surface area (Å²) in [6.45, 7) is 0.529. The number of urea groups is 1. The van der Waals surface area contributed by atoms with Crippen molar-refractivity contribution in [2.75, 3.05) is 17.6 Å². The largest absolute Gasteiger partial charge is 0.337 e. The van der Waals surface area contributed by atoms with E-state index in [4.69, 9.17) is 0 Å². The molecule has 116 valence electrons. The van der Waals surface area contributed by atoms with Gasteiger partial charge in [0.2, 0.25) is 0 Å². The highest BCUT2D eigenvalue weighted by Crippen LogP contribution is 2.19. The van der Waals surface area contributed by atoms with Crippen molar-refractivity contribution in [1.82, 2.24) is 5.32 Å². The Morgan fingerprint density at radius 1 is 1.18 bits per heavy atom. The van der Waals surface area contributed by atoms with Gasteiger partial charge in [-0.3, -0.25) is 0 Å². The van der Waals surface area contributed by atoms with E-state index in [0.717, 1.165) is 11.5 Å². The molecule has 0 spiro atoms. The van der Waals surface area contributed by atoms with Crippen LogP contribution in [0.4, 0.5) is 14.9 Å². The Morgan fingerprint density at radius 2 is 1.95 bits per heavy atom. The molecule has 2 aromatic carbocycles. The molecule has 0 aliphatic carbocycles. The van der Waals surface area contributed by atoms with Crippen LogP contribution in [0, 0.1) is 5.82 Å². The van der Waals surface area contributed by atoms with Gasteiger partial charge in [-0.25, -0.2) is 9.18 Å². The van der Waals surface area contributed by atoms with Crippen LogP contribution in [0.3, 0.4) is 0 Å². The van der Waals surface area contributed by atoms with Gasteiger partial charge in [-0.2, -0.15) is 11.8 Å². The number of thioether (sulfide) groups is 1. The first-order valence-corrected chi connectivity index (χ1v) is 8.71. The molecule has 0 radical (unpaired) electrons. The summed E-state index contributed by atoms with van der Waals surface area (Å²) in [6.07, 6.45) is 0. The Kier molecular flexibility index (Phi) is 6.74. The molecular weight excluding hydrogens is 367 g/mol. The summed E-state index contributed by atoms with van der Waals surface area (Å²) in [4.78, 5) is 11.7. The molecule has 6 heteroatoms. The Balaban J connectivity index is 1.65. The van der Waals surface area contributed by atoms with Crippen LogP contribution in [0.25, 0.3) is 0 Å². The van der Waals surface area contributed by atoms with Crippen molar-refractivity contribution < 1.29 is 9.18 Å². The van der Waals surface area contributed by atoms with Crippen molar-refractivity contribution in [3.8, 4) is 0 Å². The summed E-state index contributed by atoms with van der Waals surface area (Å²) in [7, 11) is 0. The molecule has 0 aromatic heterocycles. The van der Waals surface area contributed by atoms with Crippen LogP contribution in [-0.4, -0.2) is 18.3 Å². The molecule has 3 nitrogen and oxygen atoms in total. The SMILES string of the molecule is O=C(NCCSCc1ccccc1)Nc1ccc(Br)cc1F. The number of carbonyl (C=O) groups is 1. The topological polar surface area (TPSA) is 41.1 Å². The van der Waals surface area contributed by atoms with E-state index in [9.17, 15) is 9.18 Å². The van der Waals surface area contributed by atoms with Crippen LogP contribution in [0.1, 0.15) is 5.56 Å². The second kappa shape index (κ2) is 8.80. The monoisotopic (exact) mass is 382 g/mol. The molecule has 2 N–H and O–H groups in total. The molecule has 0 heterocycles. The number of anilines is 1. The Bertz CT molecular complexity index is 625. The van der Waals surface area contributed by atoms with Crippen molar-refractivity contribution in [3.05, 3.63) is 64.4 Å². The average molecular weight is 383 g/mol. The Morgan fingerprint density at radius 3 is 2.68 bits per heavy atom. The van der Waals surface area contributed by atoms with Gasteiger partial charge in [-0.05, 0) is 23.8 Å². The summed E-state index contributed by atoms with van der Waals surface area (Å²) in [5, 5.41) is 5.20. The molecule has 0 saturated heterocycles. The molecule has 0 aliphatic heterocycles. The number of hydrogen-bond donors (Lipinski definition) is 2. The number of hydrogen-bond acceptors (Lipinski definition) is 2. The number of rotatable bonds is 6. The zero-order valence-corrected chi connectivity index (χ0v) is 14.2. The van der Waals surface area contributed by atoms with E-state index in [0.29, 0.717) is 11.0 Å². The predicted molar refractivity (Wildman–Crippen MR) is 93.7 cm³/mol. The quantitative estimate of drug-likeness (QED) is 0.714. The summed E-state index contributed by atoms with van der Waals surface area (Å²) < 4.78 is 14.2. The van der Waals surface area contributed by atoms with Crippen molar-refractivity contribution >= 4 is 39.4 Å². The number of benzene rings is 2. The molecule has 22 heavy (non-hydrogen) atoms. The van der Waals surface area contributed by atoms with Crippen LogP contribution < -0.4 is 10.6 Å². The van der Waals surface area contributed by atoms with Crippen molar-refractivity contribution in [3.63, 3.8) is 0 Å². The fourth-order valence-electron chi connectivity index (χ4n) is 1.76. The molecule has 0 unspecified atom stereocenters. The van der Waals surface area contributed by atoms with Gasteiger partial charge in [-0.15, -0.1) is 0 Å². The molecule has 0 atom stereocenters. The van der Waals surface area contributed by atoms with Gasteiger partial charge in [0.25, 0.3) is 0 Å². The third kappa shape index (κ3) is 5.69. The lowest BCUT2D eigenvalue weighted by Crippen LogP contribution is -2.30. The van der Waals surface area contributed by atoms with E-state index < -0.39 is 11.8 Å². The van der Waals surface area contributed by atoms with E-state index in [1.54, 1.807) is 17.8 Å². The van der Waals surface area contributed by atoms with E-state index in [1.165, 1.54) is 17.7 Å². The zero-order valence-electron chi connectivity index (χ0n) is 11.8. The summed E-state index contributed by atoms with van der Waals surface area (Å²) in [6, 6.07) is 14.3. The summed E-state index contributed by atoms with van der Waals surface area (Å²) >= 11 is 4.91. The molecule has 0 fully saturated rings. The summed E-state index contributed by atoms with van der Waals surface area (Å²) in [5.74, 6) is 1.24. The van der Waals surface area contributed by atoms with Gasteiger partial charge in [0.1, 0.15) is 5.82 Å². The van der Waals surface area contributed by atoms with Crippen LogP contribution in [-0.2, 0) is 5.75 Å². The van der Waals surface area contributed by atoms with Crippen molar-refractivity contribution in [2.24, 2.45) is 0 Å². The maximum absolute atomic E-state index is 13.6. The minimum Gasteiger partial charge on any atom is -0.337 e. The van der Waals surface area contributed by atoms with Crippen LogP contribution >= 0.6 is 27.7 Å². The first-order valence-electron chi connectivity index (χ1n) is 6.77. The van der Waals surface area contributed by atoms with Gasteiger partial charge in [0, 0.05) is 22.5 Å². The highest BCUT2D eigenvalue weighted by atomic mass is 79.9. The lowest BCUT2D eigenvalue weighted by Gasteiger charge is -2.08. The van der Waals surface area contributed by atoms with Gasteiger partial charge in [-0.1, -0.05) is 46.3 Å². The highest BCUT2D eigenvalue weighted by molar-refractivity contribution is 9.10. The highest BCUT2D eigenvalue weighted by Gasteiger charge is 2.06. The third-order valence-electron chi connectivity index (χ3n) is 2.82. The molecule has 0 aliphatic rings. The van der Waals surface area contributed by atoms with E-state index in [2.05, 4.69) is 38.7 Å². The Hall–Kier alpha value is -1.53. The normalized spacial score (nSPS) is 10.3. The van der Waals surface area contributed by atoms with E-state index in [-0.39, 0.29) is 5.69 Å². The maximum atomic E-state index is 13.6. The minimum atomic E-state index is -0.469. The average Bonchev–Trinajstić information content (AvgIpc) is 2.51. The smallest absolute Gasteiger partial charge is 0.319 e. The summed E-state index contributed by atoms with van der Waals surface area (Å²) in [5.41, 5.74) is 1.42. The molecule has 0 saturated carbocycles. The second-order valence-corrected chi connectivity index (χ2v) is 6.56. The van der Waals surface area contributed by atoms with Crippen molar-refractivity contribution in [2.45, 2.75) is 5.75 Å². The molecule has 2 amide bonds. The van der Waals surface area contributed by atoms with E-state index in [1.807, 2.05) is 18.2 Å². The zero-order chi connectivity index (χ0) is 15.8. The lowest BCUT2D eigenvalue weighted by atomic mass is 10.2. The minimum absolute atomic E-state index is 0.164. The van der Waals surface area contributed by atoms with Crippen LogP contribution in [0.5, 0.6) is 0 Å². The molecule has 0 bridgehead atoms. The van der Waals surface area contributed by atoms with Gasteiger partial charge in [0.05, 0.1) is 5.69 Å². The fraction of sp³-hybridized carbons (Fsp3) is 0.188. The Labute approximate surface area is 141 Å². The molecule has 2 aromatic rings. The maximum Gasteiger partial charge on any atom is 0.319 e. The first kappa shape index (κ1) is 16.8.